The zero-order valence-corrected chi connectivity index (χ0v) is 10.1. The van der Waals surface area contributed by atoms with Crippen LogP contribution in [0.15, 0.2) is 29.0 Å². The fraction of sp³-hybridized carbons (Fsp3) is 0.222. The van der Waals surface area contributed by atoms with Gasteiger partial charge in [0.1, 0.15) is 0 Å². The number of rotatable bonds is 3. The minimum Gasteiger partial charge on any atom is -0.478 e. The van der Waals surface area contributed by atoms with Crippen molar-refractivity contribution in [1.82, 2.24) is 9.55 Å². The largest absolute Gasteiger partial charge is 0.478 e. The Bertz CT molecular complexity index is 465. The summed E-state index contributed by atoms with van der Waals surface area (Å²) in [6.45, 7) is 1.70. The molecule has 0 unspecified atom stereocenters. The molecule has 1 N–H and O–H groups in total. The molecule has 0 aliphatic rings. The Hall–Kier alpha value is -1.18. The number of carboxylic acid groups (broad SMARTS) is 1. The molecule has 0 radical (unpaired) electrons. The highest BCUT2D eigenvalue weighted by Gasteiger charge is 2.01. The fourth-order valence-corrected chi connectivity index (χ4v) is 1.35. The lowest BCUT2D eigenvalue weighted by atomic mass is 10.3. The highest BCUT2D eigenvalue weighted by Crippen LogP contribution is 1.96. The van der Waals surface area contributed by atoms with Gasteiger partial charge in [-0.05, 0) is 29.5 Å². The van der Waals surface area contributed by atoms with E-state index in [9.17, 15) is 9.59 Å². The molecule has 0 aromatic carbocycles. The molecule has 0 bridgehead atoms. The monoisotopic (exact) mass is 320 g/mol. The van der Waals surface area contributed by atoms with Gasteiger partial charge in [0.25, 0.3) is 5.56 Å². The molecule has 1 heterocycles. The molecule has 0 aliphatic carbocycles. The van der Waals surface area contributed by atoms with E-state index < -0.39 is 5.97 Å². The Morgan fingerprint density at radius 2 is 2.40 bits per heavy atom. The van der Waals surface area contributed by atoms with Crippen LogP contribution in [0.1, 0.15) is 6.92 Å². The first-order chi connectivity index (χ1) is 7.02. The van der Waals surface area contributed by atoms with Gasteiger partial charge in [-0.2, -0.15) is 0 Å². The van der Waals surface area contributed by atoms with Crippen molar-refractivity contribution in [3.05, 3.63) is 38.1 Å². The number of aliphatic carboxylic acids is 1. The predicted octanol–water partition coefficient (Wildman–Crippen LogP) is 0.879. The zero-order chi connectivity index (χ0) is 11.4. The van der Waals surface area contributed by atoms with Crippen LogP contribution in [-0.2, 0) is 11.3 Å². The van der Waals surface area contributed by atoms with E-state index in [0.717, 1.165) is 0 Å². The van der Waals surface area contributed by atoms with Gasteiger partial charge >= 0.3 is 5.97 Å². The van der Waals surface area contributed by atoms with Crippen LogP contribution in [0.3, 0.4) is 0 Å². The number of aromatic nitrogens is 2. The average molecular weight is 320 g/mol. The number of nitrogens with zero attached hydrogens (tertiary/aromatic N) is 2. The second-order valence-electron chi connectivity index (χ2n) is 2.89. The van der Waals surface area contributed by atoms with E-state index in [-0.39, 0.29) is 17.7 Å². The number of carbonyl (C=O) groups is 1. The van der Waals surface area contributed by atoms with Gasteiger partial charge in [0.15, 0.2) is 0 Å². The zero-order valence-electron chi connectivity index (χ0n) is 7.98. The Morgan fingerprint density at radius 1 is 1.73 bits per heavy atom. The summed E-state index contributed by atoms with van der Waals surface area (Å²) < 4.78 is 1.87. The molecule has 80 valence electrons. The third kappa shape index (κ3) is 3.15. The summed E-state index contributed by atoms with van der Waals surface area (Å²) in [5.41, 5.74) is 0.0424. The lowest BCUT2D eigenvalue weighted by molar-refractivity contribution is -0.132. The number of hydrogen-bond donors (Lipinski definition) is 1. The van der Waals surface area contributed by atoms with Crippen molar-refractivity contribution in [2.45, 2.75) is 13.5 Å². The van der Waals surface area contributed by atoms with Crippen molar-refractivity contribution in [2.75, 3.05) is 0 Å². The van der Waals surface area contributed by atoms with E-state index in [1.54, 1.807) is 0 Å². The molecular formula is C9H9IN2O3. The molecule has 0 fully saturated rings. The normalized spacial score (nSPS) is 11.5. The standard InChI is InChI=1S/C9H9IN2O3/c1-6(9(14)15)2-3-12-5-11-4-7(10)8(12)13/h2,4-5H,3H2,1H3,(H,14,15)/b6-2-. The maximum Gasteiger partial charge on any atom is 0.331 e. The van der Waals surface area contributed by atoms with Crippen molar-refractivity contribution in [1.29, 1.82) is 0 Å². The second-order valence-corrected chi connectivity index (χ2v) is 4.05. The van der Waals surface area contributed by atoms with E-state index in [2.05, 4.69) is 4.98 Å². The summed E-state index contributed by atoms with van der Waals surface area (Å²) in [7, 11) is 0. The van der Waals surface area contributed by atoms with Crippen LogP contribution in [0.25, 0.3) is 0 Å². The van der Waals surface area contributed by atoms with Crippen LogP contribution in [0.4, 0.5) is 0 Å². The molecule has 0 aliphatic heterocycles. The van der Waals surface area contributed by atoms with Crippen molar-refractivity contribution in [3.8, 4) is 0 Å². The molecule has 1 aromatic heterocycles. The minimum atomic E-state index is -0.985. The van der Waals surface area contributed by atoms with Crippen molar-refractivity contribution >= 4 is 28.6 Å². The Labute approximate surface area is 99.6 Å². The van der Waals surface area contributed by atoms with Crippen molar-refractivity contribution in [3.63, 3.8) is 0 Å². The van der Waals surface area contributed by atoms with E-state index in [1.807, 2.05) is 22.6 Å². The quantitative estimate of drug-likeness (QED) is 0.663. The molecule has 5 nitrogen and oxygen atoms in total. The van der Waals surface area contributed by atoms with Gasteiger partial charge in [-0.25, -0.2) is 9.78 Å². The third-order valence-electron chi connectivity index (χ3n) is 1.79. The minimum absolute atomic E-state index is 0.167. The lowest BCUT2D eigenvalue weighted by Crippen LogP contribution is -2.22. The summed E-state index contributed by atoms with van der Waals surface area (Å²) in [5.74, 6) is -0.985. The predicted molar refractivity (Wildman–Crippen MR) is 62.6 cm³/mol. The second kappa shape index (κ2) is 5.06. The van der Waals surface area contributed by atoms with Crippen LogP contribution < -0.4 is 5.56 Å². The first kappa shape index (κ1) is 11.9. The number of hydrogen-bond acceptors (Lipinski definition) is 3. The Balaban J connectivity index is 2.92. The SMILES string of the molecule is C/C(=C/Cn1cncc(I)c1=O)C(=O)O. The molecule has 0 atom stereocenters. The first-order valence-electron chi connectivity index (χ1n) is 4.12. The molecule has 0 spiro atoms. The number of allylic oxidation sites excluding steroid dienone is 1. The molecular weight excluding hydrogens is 311 g/mol. The van der Waals surface area contributed by atoms with Gasteiger partial charge in [-0.15, -0.1) is 0 Å². The highest BCUT2D eigenvalue weighted by atomic mass is 127. The van der Waals surface area contributed by atoms with Crippen LogP contribution in [0.5, 0.6) is 0 Å². The number of halogens is 1. The van der Waals surface area contributed by atoms with Gasteiger partial charge in [0.2, 0.25) is 0 Å². The Kier molecular flexibility index (Phi) is 4.01. The molecule has 6 heteroatoms. The molecule has 1 aromatic rings. The topological polar surface area (TPSA) is 72.2 Å². The third-order valence-corrected chi connectivity index (χ3v) is 2.53. The van der Waals surface area contributed by atoms with Gasteiger partial charge in [0.05, 0.1) is 9.90 Å². The molecule has 15 heavy (non-hydrogen) atoms. The summed E-state index contributed by atoms with van der Waals surface area (Å²) in [6.07, 6.45) is 4.32. The van der Waals surface area contributed by atoms with E-state index in [0.29, 0.717) is 3.57 Å². The van der Waals surface area contributed by atoms with Gasteiger partial charge in [0, 0.05) is 18.3 Å². The van der Waals surface area contributed by atoms with Crippen LogP contribution in [-0.4, -0.2) is 20.6 Å². The van der Waals surface area contributed by atoms with E-state index in [1.165, 1.54) is 30.1 Å². The average Bonchev–Trinajstić information content (AvgIpc) is 2.19. The Morgan fingerprint density at radius 3 is 3.00 bits per heavy atom. The highest BCUT2D eigenvalue weighted by molar-refractivity contribution is 14.1. The summed E-state index contributed by atoms with van der Waals surface area (Å²) in [5, 5.41) is 8.61. The molecule has 0 saturated carbocycles. The van der Waals surface area contributed by atoms with Gasteiger partial charge in [-0.1, -0.05) is 6.08 Å². The van der Waals surface area contributed by atoms with Crippen LogP contribution in [0, 0.1) is 3.57 Å². The van der Waals surface area contributed by atoms with E-state index in [4.69, 9.17) is 5.11 Å². The lowest BCUT2D eigenvalue weighted by Gasteiger charge is -2.01. The molecule has 0 amide bonds. The summed E-state index contributed by atoms with van der Waals surface area (Å²) in [4.78, 5) is 25.8. The maximum absolute atomic E-state index is 11.5. The van der Waals surface area contributed by atoms with Gasteiger partial charge in [-0.3, -0.25) is 9.36 Å². The van der Waals surface area contributed by atoms with Crippen molar-refractivity contribution in [2.24, 2.45) is 0 Å². The van der Waals surface area contributed by atoms with Crippen LogP contribution >= 0.6 is 22.6 Å². The first-order valence-corrected chi connectivity index (χ1v) is 5.20. The smallest absolute Gasteiger partial charge is 0.331 e. The molecule has 0 saturated heterocycles. The maximum atomic E-state index is 11.5. The van der Waals surface area contributed by atoms with Gasteiger partial charge < -0.3 is 5.11 Å². The van der Waals surface area contributed by atoms with Crippen molar-refractivity contribution < 1.29 is 9.90 Å². The fourth-order valence-electron chi connectivity index (χ4n) is 0.877. The number of carboxylic acids is 1. The summed E-state index contributed by atoms with van der Waals surface area (Å²) in [6, 6.07) is 0. The van der Waals surface area contributed by atoms with E-state index >= 15 is 0 Å². The van der Waals surface area contributed by atoms with Crippen LogP contribution in [0.2, 0.25) is 0 Å². The molecule has 1 rings (SSSR count). The summed E-state index contributed by atoms with van der Waals surface area (Å²) >= 11 is 1.89.